The van der Waals surface area contributed by atoms with Gasteiger partial charge in [0, 0.05) is 30.5 Å². The Labute approximate surface area is 104 Å². The van der Waals surface area contributed by atoms with Crippen molar-refractivity contribution in [1.29, 1.82) is 0 Å². The van der Waals surface area contributed by atoms with Crippen LogP contribution in [0.4, 0.5) is 5.95 Å². The van der Waals surface area contributed by atoms with Gasteiger partial charge in [-0.3, -0.25) is 0 Å². The molecule has 4 nitrogen and oxygen atoms in total. The molecule has 2 N–H and O–H groups in total. The molecule has 0 aliphatic rings. The number of hydrogen-bond acceptors (Lipinski definition) is 4. The minimum atomic E-state index is 0.472. The predicted octanol–water partition coefficient (Wildman–Crippen LogP) is 2.05. The Morgan fingerprint density at radius 2 is 1.71 bits per heavy atom. The topological polar surface area (TPSA) is 55.0 Å². The molecule has 0 fully saturated rings. The highest BCUT2D eigenvalue weighted by Gasteiger charge is 2.17. The predicted molar refractivity (Wildman–Crippen MR) is 72.3 cm³/mol. The van der Waals surface area contributed by atoms with E-state index in [1.807, 2.05) is 19.9 Å². The van der Waals surface area contributed by atoms with Crippen LogP contribution >= 0.6 is 0 Å². The lowest BCUT2D eigenvalue weighted by atomic mass is 10.1. The van der Waals surface area contributed by atoms with Crippen LogP contribution in [0.3, 0.4) is 0 Å². The molecule has 1 heterocycles. The number of anilines is 1. The average Bonchev–Trinajstić information content (AvgIpc) is 2.28. The highest BCUT2D eigenvalue weighted by Crippen LogP contribution is 2.16. The molecule has 1 aromatic heterocycles. The fraction of sp³-hybridized carbons (Fsp3) is 0.692. The Hall–Kier alpha value is -1.16. The minimum Gasteiger partial charge on any atom is -0.337 e. The van der Waals surface area contributed by atoms with Crippen LogP contribution in [0, 0.1) is 13.8 Å². The molecule has 0 bridgehead atoms. The first-order chi connectivity index (χ1) is 8.12. The number of rotatable bonds is 6. The Balaban J connectivity index is 3.03. The van der Waals surface area contributed by atoms with Crippen LogP contribution in [0.25, 0.3) is 0 Å². The van der Waals surface area contributed by atoms with Gasteiger partial charge in [-0.05, 0) is 32.8 Å². The molecule has 0 spiro atoms. The zero-order valence-corrected chi connectivity index (χ0v) is 11.4. The maximum absolute atomic E-state index is 5.69. The summed E-state index contributed by atoms with van der Waals surface area (Å²) in [7, 11) is 0. The molecule has 0 amide bonds. The number of nitrogens with two attached hydrogens (primary N) is 1. The Kier molecular flexibility index (Phi) is 5.35. The van der Waals surface area contributed by atoms with Gasteiger partial charge >= 0.3 is 0 Å². The summed E-state index contributed by atoms with van der Waals surface area (Å²) in [5, 5.41) is 0. The summed E-state index contributed by atoms with van der Waals surface area (Å²) < 4.78 is 0. The molecule has 1 aromatic rings. The van der Waals surface area contributed by atoms with Crippen LogP contribution in [0.15, 0.2) is 6.07 Å². The highest BCUT2D eigenvalue weighted by molar-refractivity contribution is 5.33. The van der Waals surface area contributed by atoms with Crippen LogP contribution in [-0.4, -0.2) is 29.1 Å². The number of aromatic nitrogens is 2. The molecular weight excluding hydrogens is 212 g/mol. The zero-order chi connectivity index (χ0) is 12.8. The standard InChI is InChI=1S/C13H24N4/c1-5-12(6-2)17(8-7-14)13-15-10(3)9-11(4)16-13/h9,12H,5-8,14H2,1-4H3. The van der Waals surface area contributed by atoms with Crippen molar-refractivity contribution >= 4 is 5.95 Å². The molecule has 1 rings (SSSR count). The van der Waals surface area contributed by atoms with Gasteiger partial charge in [-0.1, -0.05) is 13.8 Å². The third-order valence-electron chi connectivity index (χ3n) is 2.98. The van der Waals surface area contributed by atoms with Gasteiger partial charge in [0.1, 0.15) is 0 Å². The quantitative estimate of drug-likeness (QED) is 0.821. The van der Waals surface area contributed by atoms with E-state index in [-0.39, 0.29) is 0 Å². The maximum Gasteiger partial charge on any atom is 0.226 e. The van der Waals surface area contributed by atoms with Gasteiger partial charge in [0.05, 0.1) is 0 Å². The average molecular weight is 236 g/mol. The van der Waals surface area contributed by atoms with Crippen molar-refractivity contribution in [2.75, 3.05) is 18.0 Å². The van der Waals surface area contributed by atoms with Gasteiger partial charge in [0.15, 0.2) is 0 Å². The van der Waals surface area contributed by atoms with Crippen molar-refractivity contribution in [2.24, 2.45) is 5.73 Å². The van der Waals surface area contributed by atoms with Gasteiger partial charge in [-0.2, -0.15) is 0 Å². The molecule has 4 heteroatoms. The van der Waals surface area contributed by atoms with Crippen molar-refractivity contribution in [3.05, 3.63) is 17.5 Å². The Morgan fingerprint density at radius 3 is 2.12 bits per heavy atom. The lowest BCUT2D eigenvalue weighted by Gasteiger charge is -2.30. The van der Waals surface area contributed by atoms with Crippen molar-refractivity contribution in [1.82, 2.24) is 9.97 Å². The molecule has 0 aliphatic carbocycles. The fourth-order valence-corrected chi connectivity index (χ4v) is 2.15. The molecule has 0 unspecified atom stereocenters. The first-order valence-corrected chi connectivity index (χ1v) is 6.41. The van der Waals surface area contributed by atoms with Gasteiger partial charge in [-0.25, -0.2) is 9.97 Å². The maximum atomic E-state index is 5.69. The normalized spacial score (nSPS) is 10.9. The van der Waals surface area contributed by atoms with Crippen molar-refractivity contribution in [2.45, 2.75) is 46.6 Å². The lowest BCUT2D eigenvalue weighted by molar-refractivity contribution is 0.547. The van der Waals surface area contributed by atoms with E-state index in [1.165, 1.54) is 0 Å². The van der Waals surface area contributed by atoms with E-state index < -0.39 is 0 Å². The molecule has 0 saturated carbocycles. The first kappa shape index (κ1) is 13.9. The van der Waals surface area contributed by atoms with Crippen LogP contribution in [0.5, 0.6) is 0 Å². The number of hydrogen-bond donors (Lipinski definition) is 1. The molecule has 0 aliphatic heterocycles. The summed E-state index contributed by atoms with van der Waals surface area (Å²) in [5.41, 5.74) is 7.72. The largest absolute Gasteiger partial charge is 0.337 e. The fourth-order valence-electron chi connectivity index (χ4n) is 2.15. The summed E-state index contributed by atoms with van der Waals surface area (Å²) in [6.45, 7) is 9.85. The van der Waals surface area contributed by atoms with Gasteiger partial charge in [0.25, 0.3) is 0 Å². The van der Waals surface area contributed by atoms with E-state index in [4.69, 9.17) is 5.73 Å². The molecule has 0 atom stereocenters. The minimum absolute atomic E-state index is 0.472. The van der Waals surface area contributed by atoms with Crippen molar-refractivity contribution in [3.63, 3.8) is 0 Å². The van der Waals surface area contributed by atoms with E-state index >= 15 is 0 Å². The van der Waals surface area contributed by atoms with Gasteiger partial charge < -0.3 is 10.6 Å². The van der Waals surface area contributed by atoms with Crippen LogP contribution in [0.2, 0.25) is 0 Å². The monoisotopic (exact) mass is 236 g/mol. The van der Waals surface area contributed by atoms with Gasteiger partial charge in [-0.15, -0.1) is 0 Å². The van der Waals surface area contributed by atoms with E-state index in [0.29, 0.717) is 12.6 Å². The van der Waals surface area contributed by atoms with Crippen LogP contribution in [0.1, 0.15) is 38.1 Å². The number of nitrogens with zero attached hydrogens (tertiary/aromatic N) is 3. The number of aryl methyl sites for hydroxylation is 2. The second-order valence-electron chi connectivity index (χ2n) is 4.40. The molecular formula is C13H24N4. The van der Waals surface area contributed by atoms with Crippen LogP contribution in [-0.2, 0) is 0 Å². The summed E-state index contributed by atoms with van der Waals surface area (Å²) in [4.78, 5) is 11.3. The van der Waals surface area contributed by atoms with E-state index in [9.17, 15) is 0 Å². The molecule has 0 saturated heterocycles. The summed E-state index contributed by atoms with van der Waals surface area (Å²) in [6, 6.07) is 2.47. The third-order valence-corrected chi connectivity index (χ3v) is 2.98. The lowest BCUT2D eigenvalue weighted by Crippen LogP contribution is -2.39. The molecule has 0 radical (unpaired) electrons. The second kappa shape index (κ2) is 6.55. The SMILES string of the molecule is CCC(CC)N(CCN)c1nc(C)cc(C)n1. The molecule has 17 heavy (non-hydrogen) atoms. The van der Waals surface area contributed by atoms with E-state index in [0.717, 1.165) is 36.7 Å². The second-order valence-corrected chi connectivity index (χ2v) is 4.40. The molecule has 96 valence electrons. The Bertz CT molecular complexity index is 327. The molecule has 0 aromatic carbocycles. The highest BCUT2D eigenvalue weighted by atomic mass is 15.3. The summed E-state index contributed by atoms with van der Waals surface area (Å²) in [6.07, 6.45) is 2.18. The van der Waals surface area contributed by atoms with E-state index in [2.05, 4.69) is 28.7 Å². The third kappa shape index (κ3) is 3.66. The summed E-state index contributed by atoms with van der Waals surface area (Å²) >= 11 is 0. The first-order valence-electron chi connectivity index (χ1n) is 6.41. The zero-order valence-electron chi connectivity index (χ0n) is 11.4. The Morgan fingerprint density at radius 1 is 1.18 bits per heavy atom. The van der Waals surface area contributed by atoms with Crippen molar-refractivity contribution < 1.29 is 0 Å². The van der Waals surface area contributed by atoms with Crippen LogP contribution < -0.4 is 10.6 Å². The smallest absolute Gasteiger partial charge is 0.226 e. The van der Waals surface area contributed by atoms with Gasteiger partial charge in [0.2, 0.25) is 5.95 Å². The van der Waals surface area contributed by atoms with Crippen molar-refractivity contribution in [3.8, 4) is 0 Å². The van der Waals surface area contributed by atoms with E-state index in [1.54, 1.807) is 0 Å². The summed E-state index contributed by atoms with van der Waals surface area (Å²) in [5.74, 6) is 0.821.